The van der Waals surface area contributed by atoms with Crippen molar-refractivity contribution in [3.63, 3.8) is 0 Å². The van der Waals surface area contributed by atoms with Crippen molar-refractivity contribution in [3.05, 3.63) is 52.0 Å². The number of halogens is 2. The molecule has 1 heterocycles. The second-order valence-corrected chi connectivity index (χ2v) is 5.32. The maximum absolute atomic E-state index is 13.2. The Bertz CT molecular complexity index is 514. The van der Waals surface area contributed by atoms with E-state index >= 15 is 0 Å². The highest BCUT2D eigenvalue weighted by molar-refractivity contribution is 7.09. The zero-order valence-electron chi connectivity index (χ0n) is 10.7. The third-order valence-corrected chi connectivity index (χ3v) is 3.67. The van der Waals surface area contributed by atoms with Gasteiger partial charge in [0.2, 0.25) is 0 Å². The van der Waals surface area contributed by atoms with E-state index in [-0.39, 0.29) is 6.04 Å². The van der Waals surface area contributed by atoms with Crippen LogP contribution in [0.4, 0.5) is 8.78 Å². The summed E-state index contributed by atoms with van der Waals surface area (Å²) in [5, 5.41) is 6.34. The molecule has 0 aliphatic rings. The Morgan fingerprint density at radius 3 is 2.74 bits per heavy atom. The van der Waals surface area contributed by atoms with Crippen LogP contribution in [0.25, 0.3) is 0 Å². The lowest BCUT2D eigenvalue weighted by Gasteiger charge is -2.16. The van der Waals surface area contributed by atoms with E-state index in [9.17, 15) is 8.78 Å². The first-order valence-corrected chi connectivity index (χ1v) is 7.12. The molecule has 19 heavy (non-hydrogen) atoms. The third kappa shape index (κ3) is 4.08. The molecule has 0 amide bonds. The fourth-order valence-electron chi connectivity index (χ4n) is 2.02. The number of nitrogens with one attached hydrogen (secondary N) is 1. The van der Waals surface area contributed by atoms with Crippen molar-refractivity contribution in [2.75, 3.05) is 6.54 Å². The normalized spacial score (nSPS) is 12.6. The predicted molar refractivity (Wildman–Crippen MR) is 73.3 cm³/mol. The number of rotatable bonds is 6. The molecule has 102 valence electrons. The van der Waals surface area contributed by atoms with Crippen LogP contribution in [0.5, 0.6) is 0 Å². The molecule has 0 fully saturated rings. The van der Waals surface area contributed by atoms with E-state index in [1.165, 1.54) is 12.1 Å². The minimum absolute atomic E-state index is 0.181. The van der Waals surface area contributed by atoms with Crippen LogP contribution in [0.3, 0.4) is 0 Å². The molecule has 0 saturated carbocycles. The van der Waals surface area contributed by atoms with E-state index in [1.807, 2.05) is 12.3 Å². The van der Waals surface area contributed by atoms with Crippen LogP contribution in [0, 0.1) is 11.6 Å². The van der Waals surface area contributed by atoms with Crippen molar-refractivity contribution in [2.24, 2.45) is 0 Å². The van der Waals surface area contributed by atoms with Gasteiger partial charge in [-0.2, -0.15) is 0 Å². The number of thiazole rings is 1. The molecule has 1 aromatic carbocycles. The SMILES string of the molecule is CCNC(Cc1ccc(F)c(F)c1)Cc1nccs1. The van der Waals surface area contributed by atoms with Crippen LogP contribution in [0.2, 0.25) is 0 Å². The topological polar surface area (TPSA) is 24.9 Å². The van der Waals surface area contributed by atoms with Crippen LogP contribution in [0.15, 0.2) is 29.8 Å². The Morgan fingerprint density at radius 2 is 2.11 bits per heavy atom. The summed E-state index contributed by atoms with van der Waals surface area (Å²) in [7, 11) is 0. The Morgan fingerprint density at radius 1 is 1.26 bits per heavy atom. The average molecular weight is 282 g/mol. The molecule has 0 bridgehead atoms. The third-order valence-electron chi connectivity index (χ3n) is 2.86. The Hall–Kier alpha value is -1.33. The molecule has 0 aliphatic heterocycles. The van der Waals surface area contributed by atoms with E-state index in [2.05, 4.69) is 10.3 Å². The fourth-order valence-corrected chi connectivity index (χ4v) is 2.72. The largest absolute Gasteiger partial charge is 0.314 e. The van der Waals surface area contributed by atoms with Gasteiger partial charge < -0.3 is 5.32 Å². The molecule has 5 heteroatoms. The van der Waals surface area contributed by atoms with Crippen LogP contribution in [-0.2, 0) is 12.8 Å². The summed E-state index contributed by atoms with van der Waals surface area (Å²) < 4.78 is 26.1. The first kappa shape index (κ1) is 14.1. The maximum atomic E-state index is 13.2. The Balaban J connectivity index is 2.05. The smallest absolute Gasteiger partial charge is 0.159 e. The first-order chi connectivity index (χ1) is 9.19. The van der Waals surface area contributed by atoms with Gasteiger partial charge in [-0.05, 0) is 30.7 Å². The fraction of sp³-hybridized carbons (Fsp3) is 0.357. The predicted octanol–water partition coefficient (Wildman–Crippen LogP) is 3.18. The number of nitrogens with zero attached hydrogens (tertiary/aromatic N) is 1. The molecular weight excluding hydrogens is 266 g/mol. The van der Waals surface area contributed by atoms with E-state index in [1.54, 1.807) is 23.6 Å². The van der Waals surface area contributed by atoms with Crippen molar-refractivity contribution in [2.45, 2.75) is 25.8 Å². The number of likely N-dealkylation sites (N-methyl/N-ethyl adjacent to an activating group) is 1. The van der Waals surface area contributed by atoms with E-state index in [0.717, 1.165) is 23.5 Å². The number of hydrogen-bond acceptors (Lipinski definition) is 3. The molecule has 0 aliphatic carbocycles. The second kappa shape index (κ2) is 6.73. The minimum atomic E-state index is -0.802. The van der Waals surface area contributed by atoms with E-state index < -0.39 is 11.6 Å². The summed E-state index contributed by atoms with van der Waals surface area (Å²) in [5.41, 5.74) is 0.793. The monoisotopic (exact) mass is 282 g/mol. The molecule has 1 aromatic heterocycles. The molecule has 0 saturated heterocycles. The highest BCUT2D eigenvalue weighted by Gasteiger charge is 2.12. The molecular formula is C14H16F2N2S. The lowest BCUT2D eigenvalue weighted by Crippen LogP contribution is -2.33. The zero-order chi connectivity index (χ0) is 13.7. The van der Waals surface area contributed by atoms with E-state index in [4.69, 9.17) is 0 Å². The van der Waals surface area contributed by atoms with Gasteiger partial charge in [-0.15, -0.1) is 11.3 Å². The maximum Gasteiger partial charge on any atom is 0.159 e. The molecule has 2 aromatic rings. The molecule has 0 radical (unpaired) electrons. The lowest BCUT2D eigenvalue weighted by molar-refractivity contribution is 0.497. The van der Waals surface area contributed by atoms with Crippen LogP contribution < -0.4 is 5.32 Å². The summed E-state index contributed by atoms with van der Waals surface area (Å²) >= 11 is 1.61. The van der Waals surface area contributed by atoms with Gasteiger partial charge in [-0.25, -0.2) is 13.8 Å². The van der Waals surface area contributed by atoms with Gasteiger partial charge in [0.15, 0.2) is 11.6 Å². The lowest BCUT2D eigenvalue weighted by atomic mass is 10.0. The zero-order valence-corrected chi connectivity index (χ0v) is 11.5. The van der Waals surface area contributed by atoms with Crippen molar-refractivity contribution in [1.29, 1.82) is 0 Å². The summed E-state index contributed by atoms with van der Waals surface area (Å²) in [6, 6.07) is 4.25. The van der Waals surface area contributed by atoms with Gasteiger partial charge >= 0.3 is 0 Å². The van der Waals surface area contributed by atoms with Gasteiger partial charge in [-0.1, -0.05) is 13.0 Å². The van der Waals surface area contributed by atoms with Crippen LogP contribution in [0.1, 0.15) is 17.5 Å². The highest BCUT2D eigenvalue weighted by atomic mass is 32.1. The summed E-state index contributed by atoms with van der Waals surface area (Å²) in [6.07, 6.45) is 3.23. The molecule has 1 unspecified atom stereocenters. The van der Waals surface area contributed by atoms with Crippen molar-refractivity contribution in [3.8, 4) is 0 Å². The molecule has 2 rings (SSSR count). The highest BCUT2D eigenvalue weighted by Crippen LogP contribution is 2.14. The van der Waals surface area contributed by atoms with Gasteiger partial charge in [0.05, 0.1) is 5.01 Å². The summed E-state index contributed by atoms with van der Waals surface area (Å²) in [6.45, 7) is 2.86. The number of hydrogen-bond donors (Lipinski definition) is 1. The van der Waals surface area contributed by atoms with Crippen molar-refractivity contribution < 1.29 is 8.78 Å². The van der Waals surface area contributed by atoms with Gasteiger partial charge in [-0.3, -0.25) is 0 Å². The summed E-state index contributed by atoms with van der Waals surface area (Å²) in [4.78, 5) is 4.26. The average Bonchev–Trinajstić information content (AvgIpc) is 2.87. The minimum Gasteiger partial charge on any atom is -0.314 e. The van der Waals surface area contributed by atoms with Gasteiger partial charge in [0.1, 0.15) is 0 Å². The first-order valence-electron chi connectivity index (χ1n) is 6.24. The quantitative estimate of drug-likeness (QED) is 0.880. The van der Waals surface area contributed by atoms with Gasteiger partial charge in [0, 0.05) is 24.0 Å². The second-order valence-electron chi connectivity index (χ2n) is 4.34. The summed E-state index contributed by atoms with van der Waals surface area (Å²) in [5.74, 6) is -1.59. The van der Waals surface area contributed by atoms with Gasteiger partial charge in [0.25, 0.3) is 0 Å². The van der Waals surface area contributed by atoms with Crippen molar-refractivity contribution >= 4 is 11.3 Å². The standard InChI is InChI=1S/C14H16F2N2S/c1-2-17-11(9-14-18-5-6-19-14)7-10-3-4-12(15)13(16)8-10/h3-6,8,11,17H,2,7,9H2,1H3. The Labute approximate surface area is 115 Å². The van der Waals surface area contributed by atoms with Crippen molar-refractivity contribution in [1.82, 2.24) is 10.3 Å². The number of benzene rings is 1. The molecule has 2 nitrogen and oxygen atoms in total. The molecule has 1 atom stereocenters. The Kier molecular flexibility index (Phi) is 4.99. The van der Waals surface area contributed by atoms with Crippen LogP contribution >= 0.6 is 11.3 Å². The molecule has 1 N–H and O–H groups in total. The molecule has 0 spiro atoms. The van der Waals surface area contributed by atoms with Crippen LogP contribution in [-0.4, -0.2) is 17.6 Å². The number of aromatic nitrogens is 1. The van der Waals surface area contributed by atoms with E-state index in [0.29, 0.717) is 6.42 Å².